The number of nitrogens with one attached hydrogen (secondary N) is 1. The Kier molecular flexibility index (Phi) is 7.12. The predicted molar refractivity (Wildman–Crippen MR) is 126 cm³/mol. The van der Waals surface area contributed by atoms with Gasteiger partial charge in [0.25, 0.3) is 12.3 Å². The molecular weight excluding hydrogens is 467 g/mol. The fraction of sp³-hybridized carbons (Fsp3) is 0.391. The van der Waals surface area contributed by atoms with E-state index in [1.165, 1.54) is 38.4 Å². The molecule has 0 bridgehead atoms. The fourth-order valence-corrected chi connectivity index (χ4v) is 4.96. The number of terminal acetylenes is 1. The van der Waals surface area contributed by atoms with Gasteiger partial charge in [0.1, 0.15) is 11.5 Å². The monoisotopic (exact) mass is 491 g/mol. The first-order chi connectivity index (χ1) is 15.9. The van der Waals surface area contributed by atoms with Crippen LogP contribution in [0.3, 0.4) is 0 Å². The number of anilines is 1. The van der Waals surface area contributed by atoms with Crippen molar-refractivity contribution in [1.29, 1.82) is 0 Å². The van der Waals surface area contributed by atoms with E-state index in [4.69, 9.17) is 16.9 Å². The second-order valence-corrected chi connectivity index (χ2v) is 9.75. The molecule has 34 heavy (non-hydrogen) atoms. The zero-order chi connectivity index (χ0) is 25.3. The molecule has 1 amide bonds. The van der Waals surface area contributed by atoms with E-state index in [9.17, 15) is 13.6 Å². The van der Waals surface area contributed by atoms with Crippen LogP contribution in [0.4, 0.5) is 18.9 Å². The van der Waals surface area contributed by atoms with Gasteiger partial charge in [-0.05, 0) is 38.5 Å². The first-order valence-corrected chi connectivity index (χ1v) is 11.1. The molecule has 1 aliphatic heterocycles. The third-order valence-electron chi connectivity index (χ3n) is 6.03. The summed E-state index contributed by atoms with van der Waals surface area (Å²) < 4.78 is 46.8. The number of aryl methyl sites for hydroxylation is 1. The van der Waals surface area contributed by atoms with E-state index < -0.39 is 34.4 Å². The number of rotatable bonds is 6. The van der Waals surface area contributed by atoms with E-state index in [2.05, 4.69) is 26.2 Å². The van der Waals surface area contributed by atoms with Gasteiger partial charge in [-0.2, -0.15) is 0 Å². The van der Waals surface area contributed by atoms with Gasteiger partial charge in [-0.3, -0.25) is 9.79 Å². The molecule has 0 fully saturated rings. The molecule has 0 aliphatic carbocycles. The second kappa shape index (κ2) is 9.54. The minimum Gasteiger partial charge on any atom is -0.463 e. The van der Waals surface area contributed by atoms with Crippen molar-refractivity contribution in [3.63, 3.8) is 0 Å². The Hall–Kier alpha value is -3.26. The van der Waals surface area contributed by atoms with Crippen molar-refractivity contribution in [2.45, 2.75) is 44.4 Å². The summed E-state index contributed by atoms with van der Waals surface area (Å²) >= 11 is 0.779. The average molecular weight is 492 g/mol. The standard InChI is InChI=1S/C23H24F3N5O2S/c1-6-7-33-17-11-28-16(10-29-17)19(32)30-14-8-12(2)18(24)15(9-14)22(4)13(3)23(5,20(25)26)34-21(27)31-22/h1,8-11,13,20H,7H2,2-5H3,(H2,27,31)(H,30,32)/t13-,22-,23-/m0/s1. The quantitative estimate of drug-likeness (QED) is 0.590. The Morgan fingerprint density at radius 1 is 1.35 bits per heavy atom. The Labute approximate surface area is 199 Å². The number of hydrogen-bond donors (Lipinski definition) is 2. The average Bonchev–Trinajstić information content (AvgIpc) is 2.78. The molecule has 1 aromatic heterocycles. The van der Waals surface area contributed by atoms with Crippen LogP contribution in [0.15, 0.2) is 29.5 Å². The van der Waals surface area contributed by atoms with Crippen LogP contribution < -0.4 is 15.8 Å². The van der Waals surface area contributed by atoms with E-state index in [1.807, 2.05) is 0 Å². The van der Waals surface area contributed by atoms with Gasteiger partial charge in [-0.25, -0.2) is 23.1 Å². The lowest BCUT2D eigenvalue weighted by Gasteiger charge is -2.47. The molecular formula is C23H24F3N5O2S. The first-order valence-electron chi connectivity index (χ1n) is 10.2. The molecule has 0 saturated carbocycles. The van der Waals surface area contributed by atoms with E-state index >= 15 is 4.39 Å². The fourth-order valence-electron chi connectivity index (χ4n) is 3.78. The van der Waals surface area contributed by atoms with E-state index in [0.717, 1.165) is 11.8 Å². The van der Waals surface area contributed by atoms with Gasteiger partial charge in [-0.1, -0.05) is 24.6 Å². The van der Waals surface area contributed by atoms with Crippen molar-refractivity contribution < 1.29 is 22.7 Å². The zero-order valence-corrected chi connectivity index (χ0v) is 19.8. The predicted octanol–water partition coefficient (Wildman–Crippen LogP) is 4.13. The Morgan fingerprint density at radius 2 is 2.06 bits per heavy atom. The van der Waals surface area contributed by atoms with Crippen LogP contribution in [0.2, 0.25) is 0 Å². The molecule has 1 aromatic carbocycles. The normalized spacial score (nSPS) is 24.3. The van der Waals surface area contributed by atoms with Gasteiger partial charge in [0.2, 0.25) is 5.88 Å². The highest BCUT2D eigenvalue weighted by Crippen LogP contribution is 2.53. The summed E-state index contributed by atoms with van der Waals surface area (Å²) in [5.41, 5.74) is 4.99. The van der Waals surface area contributed by atoms with Crippen LogP contribution in [0.25, 0.3) is 0 Å². The number of alkyl halides is 2. The summed E-state index contributed by atoms with van der Waals surface area (Å²) in [7, 11) is 0. The Bertz CT molecular complexity index is 1170. The Balaban J connectivity index is 1.96. The molecule has 3 rings (SSSR count). The number of thioether (sulfide) groups is 1. The maximum atomic E-state index is 15.3. The van der Waals surface area contributed by atoms with Crippen molar-refractivity contribution in [1.82, 2.24) is 9.97 Å². The SMILES string of the molecule is C#CCOc1cnc(C(=O)Nc2cc(C)c(F)c([C@@]3(C)N=C(N)S[C@](C)(C(F)F)[C@H]3C)c2)cn1. The lowest BCUT2D eigenvalue weighted by Crippen LogP contribution is -2.52. The largest absolute Gasteiger partial charge is 0.463 e. The molecule has 1 aliphatic rings. The maximum absolute atomic E-state index is 15.3. The van der Waals surface area contributed by atoms with Crippen LogP contribution in [-0.4, -0.2) is 38.8 Å². The van der Waals surface area contributed by atoms with Gasteiger partial charge in [0.15, 0.2) is 11.8 Å². The second-order valence-electron chi connectivity index (χ2n) is 8.25. The van der Waals surface area contributed by atoms with E-state index in [1.54, 1.807) is 13.8 Å². The van der Waals surface area contributed by atoms with Crippen LogP contribution in [0, 0.1) is 31.0 Å². The van der Waals surface area contributed by atoms with Crippen LogP contribution >= 0.6 is 11.8 Å². The molecule has 180 valence electrons. The molecule has 11 heteroatoms. The van der Waals surface area contributed by atoms with Crippen LogP contribution in [0.1, 0.15) is 42.4 Å². The number of aliphatic imine (C=N–C) groups is 1. The maximum Gasteiger partial charge on any atom is 0.275 e. The third-order valence-corrected chi connectivity index (χ3v) is 7.30. The summed E-state index contributed by atoms with van der Waals surface area (Å²) in [6, 6.07) is 2.81. The van der Waals surface area contributed by atoms with Crippen molar-refractivity contribution in [2.24, 2.45) is 16.6 Å². The molecule has 3 atom stereocenters. The van der Waals surface area contributed by atoms with Crippen molar-refractivity contribution in [3.05, 3.63) is 47.2 Å². The number of nitrogens with two attached hydrogens (primary N) is 1. The van der Waals surface area contributed by atoms with Gasteiger partial charge >= 0.3 is 0 Å². The van der Waals surface area contributed by atoms with Gasteiger partial charge in [0.05, 0.1) is 22.7 Å². The van der Waals surface area contributed by atoms with Crippen molar-refractivity contribution in [3.8, 4) is 18.2 Å². The van der Waals surface area contributed by atoms with Crippen molar-refractivity contribution >= 4 is 28.5 Å². The molecule has 7 nitrogen and oxygen atoms in total. The van der Waals surface area contributed by atoms with Gasteiger partial charge in [0, 0.05) is 17.2 Å². The third kappa shape index (κ3) is 4.68. The number of benzene rings is 1. The zero-order valence-electron chi connectivity index (χ0n) is 19.0. The highest BCUT2D eigenvalue weighted by atomic mass is 32.2. The van der Waals surface area contributed by atoms with E-state index in [0.29, 0.717) is 0 Å². The molecule has 0 unspecified atom stereocenters. The minimum absolute atomic E-state index is 0.00511. The van der Waals surface area contributed by atoms with Gasteiger partial charge in [-0.15, -0.1) is 6.42 Å². The number of halogens is 3. The molecule has 3 N–H and O–H groups in total. The molecule has 0 spiro atoms. The van der Waals surface area contributed by atoms with E-state index in [-0.39, 0.29) is 40.2 Å². The number of nitrogens with zero attached hydrogens (tertiary/aromatic N) is 3. The Morgan fingerprint density at radius 3 is 2.65 bits per heavy atom. The van der Waals surface area contributed by atoms with Crippen molar-refractivity contribution in [2.75, 3.05) is 11.9 Å². The van der Waals surface area contributed by atoms with Gasteiger partial charge < -0.3 is 15.8 Å². The summed E-state index contributed by atoms with van der Waals surface area (Å²) in [5.74, 6) is 0.437. The summed E-state index contributed by atoms with van der Waals surface area (Å²) in [6.45, 7) is 6.06. The van der Waals surface area contributed by atoms with Crippen LogP contribution in [0.5, 0.6) is 5.88 Å². The smallest absolute Gasteiger partial charge is 0.275 e. The highest BCUT2D eigenvalue weighted by molar-refractivity contribution is 8.15. The number of carbonyl (C=O) groups is 1. The van der Waals surface area contributed by atoms with Crippen LogP contribution in [-0.2, 0) is 5.54 Å². The summed E-state index contributed by atoms with van der Waals surface area (Å²) in [5, 5.41) is 2.58. The highest BCUT2D eigenvalue weighted by Gasteiger charge is 2.54. The number of aromatic nitrogens is 2. The summed E-state index contributed by atoms with van der Waals surface area (Å²) in [6.07, 6.45) is 4.85. The number of hydrogen-bond acceptors (Lipinski definition) is 7. The first kappa shape index (κ1) is 25.4. The lowest BCUT2D eigenvalue weighted by atomic mass is 9.73. The summed E-state index contributed by atoms with van der Waals surface area (Å²) in [4.78, 5) is 25.0. The lowest BCUT2D eigenvalue weighted by molar-refractivity contribution is 0.0572. The minimum atomic E-state index is -2.72. The number of carbonyl (C=O) groups excluding carboxylic acids is 1. The molecule has 0 radical (unpaired) electrons. The topological polar surface area (TPSA) is 102 Å². The molecule has 0 saturated heterocycles. The number of amidine groups is 1. The number of amides is 1. The molecule has 2 aromatic rings. The molecule has 2 heterocycles. The number of ether oxygens (including phenoxy) is 1.